The largest absolute Gasteiger partial charge is 0.458 e. The maximum atomic E-state index is 12.8. The van der Waals surface area contributed by atoms with Gasteiger partial charge in [0, 0.05) is 24.2 Å². The third-order valence-electron chi connectivity index (χ3n) is 8.54. The lowest BCUT2D eigenvalue weighted by Gasteiger charge is -2.57. The number of allylic oxidation sites excluding steroid dienone is 4. The van der Waals surface area contributed by atoms with Gasteiger partial charge in [-0.15, -0.1) is 0 Å². The van der Waals surface area contributed by atoms with Gasteiger partial charge in [-0.2, -0.15) is 0 Å². The first-order valence-electron chi connectivity index (χ1n) is 10.4. The van der Waals surface area contributed by atoms with Gasteiger partial charge in [0.1, 0.15) is 5.60 Å². The molecule has 0 aromatic heterocycles. The van der Waals surface area contributed by atoms with Crippen molar-refractivity contribution in [2.24, 2.45) is 28.6 Å². The van der Waals surface area contributed by atoms with Crippen molar-refractivity contribution in [1.29, 1.82) is 0 Å². The Kier molecular flexibility index (Phi) is 4.46. The molecule has 4 aliphatic rings. The summed E-state index contributed by atoms with van der Waals surface area (Å²) in [5.74, 6) is 0.374. The molecule has 28 heavy (non-hydrogen) atoms. The lowest BCUT2D eigenvalue weighted by atomic mass is 9.48. The van der Waals surface area contributed by atoms with E-state index in [9.17, 15) is 19.5 Å². The number of ether oxygens (including phenoxy) is 1. The van der Waals surface area contributed by atoms with Crippen LogP contribution in [0.3, 0.4) is 0 Å². The molecule has 0 spiro atoms. The van der Waals surface area contributed by atoms with Crippen LogP contribution in [0.2, 0.25) is 0 Å². The average molecular weight is 386 g/mol. The summed E-state index contributed by atoms with van der Waals surface area (Å²) in [6.07, 6.45) is 10.4. The second-order valence-corrected chi connectivity index (χ2v) is 9.66. The van der Waals surface area contributed by atoms with E-state index in [2.05, 4.69) is 19.1 Å². The molecule has 0 aliphatic heterocycles. The second kappa shape index (κ2) is 6.38. The quantitative estimate of drug-likeness (QED) is 0.595. The minimum atomic E-state index is -1.43. The van der Waals surface area contributed by atoms with Crippen LogP contribution >= 0.6 is 0 Å². The molecule has 0 radical (unpaired) electrons. The summed E-state index contributed by atoms with van der Waals surface area (Å²) in [7, 11) is 0. The van der Waals surface area contributed by atoms with Crippen LogP contribution in [0.4, 0.5) is 0 Å². The summed E-state index contributed by atoms with van der Waals surface area (Å²) in [6.45, 7) is 5.22. The summed E-state index contributed by atoms with van der Waals surface area (Å²) in [4.78, 5) is 35.8. The topological polar surface area (TPSA) is 80.7 Å². The number of esters is 1. The molecule has 0 saturated heterocycles. The van der Waals surface area contributed by atoms with Crippen LogP contribution in [0.1, 0.15) is 59.3 Å². The summed E-state index contributed by atoms with van der Waals surface area (Å²) in [5, 5.41) is 11.4. The van der Waals surface area contributed by atoms with Crippen molar-refractivity contribution in [3.05, 3.63) is 23.8 Å². The van der Waals surface area contributed by atoms with E-state index in [1.54, 1.807) is 6.08 Å². The van der Waals surface area contributed by atoms with E-state index in [1.165, 1.54) is 12.5 Å². The lowest BCUT2D eigenvalue weighted by Crippen LogP contribution is -2.57. The highest BCUT2D eigenvalue weighted by Crippen LogP contribution is 2.66. The first-order chi connectivity index (χ1) is 13.1. The Morgan fingerprint density at radius 2 is 1.93 bits per heavy atom. The number of carbonyl (C=O) groups excluding carboxylic acids is 3. The highest BCUT2D eigenvalue weighted by molar-refractivity contribution is 5.93. The number of carbonyl (C=O) groups is 3. The van der Waals surface area contributed by atoms with Gasteiger partial charge in [0.05, 0.1) is 0 Å². The van der Waals surface area contributed by atoms with E-state index in [-0.39, 0.29) is 29.5 Å². The fraction of sp³-hybridized carbons (Fsp3) is 0.696. The molecule has 0 unspecified atom stereocenters. The van der Waals surface area contributed by atoms with E-state index in [0.29, 0.717) is 24.7 Å². The molecule has 0 amide bonds. The molecule has 0 aromatic carbocycles. The van der Waals surface area contributed by atoms with Gasteiger partial charge in [0.2, 0.25) is 5.78 Å². The molecule has 0 aromatic rings. The normalized spacial score (nSPS) is 44.2. The van der Waals surface area contributed by atoms with Gasteiger partial charge in [-0.05, 0) is 55.9 Å². The molecule has 0 heterocycles. The van der Waals surface area contributed by atoms with Crippen LogP contribution < -0.4 is 0 Å². The number of hydrogen-bond acceptors (Lipinski definition) is 5. The fourth-order valence-corrected chi connectivity index (χ4v) is 6.86. The van der Waals surface area contributed by atoms with Crippen molar-refractivity contribution in [3.63, 3.8) is 0 Å². The van der Waals surface area contributed by atoms with Gasteiger partial charge in [-0.1, -0.05) is 31.6 Å². The SMILES string of the molecule is CC(=O)OCC(=O)[C@@]1(O)CC[C@H]2[C@@H]3CC=C4CC(=O)C=C[C@]4(C)[C@H]3CC[C@@]21C. The first-order valence-corrected chi connectivity index (χ1v) is 10.4. The van der Waals surface area contributed by atoms with E-state index < -0.39 is 17.0 Å². The molecule has 5 nitrogen and oxygen atoms in total. The summed E-state index contributed by atoms with van der Waals surface area (Å²) >= 11 is 0. The number of ketones is 2. The van der Waals surface area contributed by atoms with Crippen molar-refractivity contribution in [1.82, 2.24) is 0 Å². The molecular formula is C23H30O5. The van der Waals surface area contributed by atoms with Crippen LogP contribution in [0.15, 0.2) is 23.8 Å². The van der Waals surface area contributed by atoms with Crippen molar-refractivity contribution >= 4 is 17.5 Å². The smallest absolute Gasteiger partial charge is 0.303 e. The molecule has 4 rings (SSSR count). The van der Waals surface area contributed by atoms with E-state index in [4.69, 9.17) is 4.74 Å². The first kappa shape index (κ1) is 19.6. The molecule has 2 saturated carbocycles. The monoisotopic (exact) mass is 386 g/mol. The van der Waals surface area contributed by atoms with E-state index >= 15 is 0 Å². The standard InChI is InChI=1S/C23H30O5/c1-14(24)28-13-20(26)23(27)11-8-19-17-5-4-15-12-16(25)6-9-21(15,2)18(17)7-10-22(19,23)3/h4,6,9,17-19,27H,5,7-8,10-13H2,1-3H3/t17-,18+,19+,21+,22+,23+/m1/s1. The predicted octanol–water partition coefficient (Wildman–Crippen LogP) is 3.16. The number of aliphatic hydroxyl groups is 1. The van der Waals surface area contributed by atoms with E-state index in [1.807, 2.05) is 6.92 Å². The highest BCUT2D eigenvalue weighted by Gasteiger charge is 2.65. The zero-order chi connectivity index (χ0) is 20.3. The summed E-state index contributed by atoms with van der Waals surface area (Å²) in [5.41, 5.74) is -0.785. The Labute approximate surface area is 166 Å². The minimum Gasteiger partial charge on any atom is -0.458 e. The van der Waals surface area contributed by atoms with Crippen molar-refractivity contribution < 1.29 is 24.2 Å². The molecule has 6 atom stereocenters. The van der Waals surface area contributed by atoms with Crippen LogP contribution in [0.25, 0.3) is 0 Å². The number of fused-ring (bicyclic) bond motifs is 5. The molecular weight excluding hydrogens is 356 g/mol. The van der Waals surface area contributed by atoms with E-state index in [0.717, 1.165) is 25.7 Å². The zero-order valence-electron chi connectivity index (χ0n) is 17.0. The molecule has 2 fully saturated rings. The summed E-state index contributed by atoms with van der Waals surface area (Å²) in [6, 6.07) is 0. The minimum absolute atomic E-state index is 0.0966. The van der Waals surface area contributed by atoms with Gasteiger partial charge < -0.3 is 9.84 Å². The molecule has 4 aliphatic carbocycles. The van der Waals surface area contributed by atoms with Crippen molar-refractivity contribution in [2.75, 3.05) is 6.61 Å². The van der Waals surface area contributed by atoms with Crippen LogP contribution in [0, 0.1) is 28.6 Å². The average Bonchev–Trinajstić information content (AvgIpc) is 2.92. The van der Waals surface area contributed by atoms with Crippen LogP contribution in [-0.2, 0) is 19.1 Å². The highest BCUT2D eigenvalue weighted by atomic mass is 16.5. The third kappa shape index (κ3) is 2.58. The Morgan fingerprint density at radius 3 is 2.64 bits per heavy atom. The van der Waals surface area contributed by atoms with Crippen LogP contribution in [0.5, 0.6) is 0 Å². The van der Waals surface area contributed by atoms with Gasteiger partial charge in [-0.25, -0.2) is 0 Å². The van der Waals surface area contributed by atoms with Gasteiger partial charge in [0.15, 0.2) is 12.4 Å². The summed E-state index contributed by atoms with van der Waals surface area (Å²) < 4.78 is 4.91. The molecule has 0 bridgehead atoms. The molecule has 1 N–H and O–H groups in total. The maximum absolute atomic E-state index is 12.8. The maximum Gasteiger partial charge on any atom is 0.303 e. The molecule has 152 valence electrons. The Hall–Kier alpha value is -1.75. The molecule has 5 heteroatoms. The second-order valence-electron chi connectivity index (χ2n) is 9.66. The van der Waals surface area contributed by atoms with Crippen LogP contribution in [-0.4, -0.2) is 34.9 Å². The lowest BCUT2D eigenvalue weighted by molar-refractivity contribution is -0.167. The number of rotatable bonds is 3. The third-order valence-corrected chi connectivity index (χ3v) is 8.54. The fourth-order valence-electron chi connectivity index (χ4n) is 6.86. The Morgan fingerprint density at radius 1 is 1.21 bits per heavy atom. The van der Waals surface area contributed by atoms with Crippen molar-refractivity contribution in [2.45, 2.75) is 64.9 Å². The Bertz CT molecular complexity index is 795. The van der Waals surface area contributed by atoms with Gasteiger partial charge in [-0.3, -0.25) is 14.4 Å². The van der Waals surface area contributed by atoms with Gasteiger partial charge in [0.25, 0.3) is 0 Å². The zero-order valence-corrected chi connectivity index (χ0v) is 17.0. The van der Waals surface area contributed by atoms with Gasteiger partial charge >= 0.3 is 5.97 Å². The van der Waals surface area contributed by atoms with Crippen molar-refractivity contribution in [3.8, 4) is 0 Å². The predicted molar refractivity (Wildman–Crippen MR) is 103 cm³/mol. The Balaban J connectivity index is 1.62. The number of hydrogen-bond donors (Lipinski definition) is 1. The number of Topliss-reactive ketones (excluding diaryl/α,β-unsaturated/α-hetero) is 1.